The molecule has 1 aromatic carbocycles. The van der Waals surface area contributed by atoms with E-state index in [1.165, 1.54) is 5.56 Å². The van der Waals surface area contributed by atoms with E-state index in [-0.39, 0.29) is 0 Å². The van der Waals surface area contributed by atoms with Crippen LogP contribution in [0.3, 0.4) is 0 Å². The molecule has 0 aliphatic carbocycles. The molecular formula is C17H22N4O. The zero-order chi connectivity index (χ0) is 15.4. The molecule has 2 aromatic rings. The van der Waals surface area contributed by atoms with Gasteiger partial charge >= 0.3 is 0 Å². The number of nitrogens with one attached hydrogen (secondary N) is 1. The highest BCUT2D eigenvalue weighted by molar-refractivity contribution is 5.61. The number of rotatable bonds is 4. The maximum absolute atomic E-state index is 5.39. The summed E-state index contributed by atoms with van der Waals surface area (Å²) in [4.78, 5) is 11.4. The minimum Gasteiger partial charge on any atom is -0.378 e. The molecule has 1 aliphatic rings. The monoisotopic (exact) mass is 298 g/mol. The Kier molecular flexibility index (Phi) is 4.53. The maximum atomic E-state index is 5.39. The van der Waals surface area contributed by atoms with Gasteiger partial charge < -0.3 is 15.0 Å². The molecule has 0 atom stereocenters. The summed E-state index contributed by atoms with van der Waals surface area (Å²) < 4.78 is 5.39. The molecule has 1 saturated heterocycles. The average Bonchev–Trinajstić information content (AvgIpc) is 2.56. The zero-order valence-corrected chi connectivity index (χ0v) is 13.2. The number of ether oxygens (including phenoxy) is 1. The van der Waals surface area contributed by atoms with Crippen LogP contribution in [0.15, 0.2) is 30.3 Å². The fourth-order valence-corrected chi connectivity index (χ4v) is 2.61. The highest BCUT2D eigenvalue weighted by Crippen LogP contribution is 2.22. The number of aromatic nitrogens is 2. The van der Waals surface area contributed by atoms with Crippen LogP contribution in [-0.4, -0.2) is 36.3 Å². The predicted octanol–water partition coefficient (Wildman–Crippen LogP) is 2.93. The zero-order valence-electron chi connectivity index (χ0n) is 13.2. The summed E-state index contributed by atoms with van der Waals surface area (Å²) in [6.07, 6.45) is 0.990. The number of nitrogens with zero attached hydrogens (tertiary/aromatic N) is 3. The second-order valence-corrected chi connectivity index (χ2v) is 5.43. The Morgan fingerprint density at radius 2 is 1.95 bits per heavy atom. The Labute approximate surface area is 131 Å². The fourth-order valence-electron chi connectivity index (χ4n) is 2.61. The highest BCUT2D eigenvalue weighted by atomic mass is 16.5. The van der Waals surface area contributed by atoms with E-state index in [0.29, 0.717) is 0 Å². The van der Waals surface area contributed by atoms with Gasteiger partial charge in [-0.1, -0.05) is 25.1 Å². The third-order valence-electron chi connectivity index (χ3n) is 3.80. The van der Waals surface area contributed by atoms with Crippen molar-refractivity contribution in [1.82, 2.24) is 9.97 Å². The summed E-state index contributed by atoms with van der Waals surface area (Å²) in [6.45, 7) is 7.31. The number of benzene rings is 1. The Bertz CT molecular complexity index is 638. The van der Waals surface area contributed by atoms with Crippen molar-refractivity contribution in [2.45, 2.75) is 20.3 Å². The van der Waals surface area contributed by atoms with Crippen LogP contribution < -0.4 is 10.2 Å². The van der Waals surface area contributed by atoms with Crippen molar-refractivity contribution < 1.29 is 4.74 Å². The van der Waals surface area contributed by atoms with E-state index < -0.39 is 0 Å². The van der Waals surface area contributed by atoms with E-state index in [1.807, 2.05) is 19.1 Å². The lowest BCUT2D eigenvalue weighted by Gasteiger charge is -2.27. The largest absolute Gasteiger partial charge is 0.378 e. The van der Waals surface area contributed by atoms with Gasteiger partial charge in [-0.15, -0.1) is 0 Å². The summed E-state index contributed by atoms with van der Waals surface area (Å²) in [5.41, 5.74) is 3.36. The lowest BCUT2D eigenvalue weighted by atomic mass is 10.1. The molecule has 0 saturated carbocycles. The van der Waals surface area contributed by atoms with Gasteiger partial charge in [0.25, 0.3) is 0 Å². The van der Waals surface area contributed by atoms with Crippen molar-refractivity contribution in [1.29, 1.82) is 0 Å². The predicted molar refractivity (Wildman–Crippen MR) is 88.9 cm³/mol. The van der Waals surface area contributed by atoms with Crippen molar-refractivity contribution in [2.24, 2.45) is 0 Å². The summed E-state index contributed by atoms with van der Waals surface area (Å²) in [7, 11) is 0. The average molecular weight is 298 g/mol. The van der Waals surface area contributed by atoms with Crippen LogP contribution in [0.4, 0.5) is 17.5 Å². The summed E-state index contributed by atoms with van der Waals surface area (Å²) in [6, 6.07) is 10.3. The first kappa shape index (κ1) is 14.8. The van der Waals surface area contributed by atoms with Crippen LogP contribution in [0.2, 0.25) is 0 Å². The Morgan fingerprint density at radius 1 is 1.18 bits per heavy atom. The molecule has 1 N–H and O–H groups in total. The van der Waals surface area contributed by atoms with Crippen molar-refractivity contribution in [3.05, 3.63) is 41.6 Å². The lowest BCUT2D eigenvalue weighted by Crippen LogP contribution is -2.37. The minimum absolute atomic E-state index is 0.735. The smallest absolute Gasteiger partial charge is 0.227 e. The van der Waals surface area contributed by atoms with Crippen molar-refractivity contribution in [3.8, 4) is 0 Å². The Morgan fingerprint density at radius 3 is 2.73 bits per heavy atom. The van der Waals surface area contributed by atoms with Gasteiger partial charge in [0.15, 0.2) is 0 Å². The molecule has 0 spiro atoms. The SMILES string of the molecule is CCc1ccccc1Nc1cc(C)nc(N2CCOCC2)n1. The van der Waals surface area contributed by atoms with Crippen molar-refractivity contribution in [3.63, 3.8) is 0 Å². The van der Waals surface area contributed by atoms with Crippen molar-refractivity contribution >= 4 is 17.5 Å². The molecule has 1 aliphatic heterocycles. The number of hydrogen-bond donors (Lipinski definition) is 1. The number of morpholine rings is 1. The summed E-state index contributed by atoms with van der Waals surface area (Å²) in [5, 5.41) is 3.43. The van der Waals surface area contributed by atoms with Gasteiger partial charge in [-0.2, -0.15) is 4.98 Å². The number of para-hydroxylation sites is 1. The third-order valence-corrected chi connectivity index (χ3v) is 3.80. The van der Waals surface area contributed by atoms with Gasteiger partial charge in [0, 0.05) is 30.5 Å². The lowest BCUT2D eigenvalue weighted by molar-refractivity contribution is 0.122. The number of aryl methyl sites for hydroxylation is 2. The number of hydrogen-bond acceptors (Lipinski definition) is 5. The van der Waals surface area contributed by atoms with Crippen LogP contribution in [0.5, 0.6) is 0 Å². The van der Waals surface area contributed by atoms with Gasteiger partial charge in [0.2, 0.25) is 5.95 Å². The number of anilines is 3. The third kappa shape index (κ3) is 3.36. The van der Waals surface area contributed by atoms with Gasteiger partial charge in [-0.3, -0.25) is 0 Å². The molecule has 0 unspecified atom stereocenters. The van der Waals surface area contributed by atoms with Gasteiger partial charge in [0.1, 0.15) is 5.82 Å². The quantitative estimate of drug-likeness (QED) is 0.940. The highest BCUT2D eigenvalue weighted by Gasteiger charge is 2.15. The Balaban J connectivity index is 1.85. The summed E-state index contributed by atoms with van der Waals surface area (Å²) in [5.74, 6) is 1.62. The standard InChI is InChI=1S/C17H22N4O/c1-3-14-6-4-5-7-15(14)19-16-12-13(2)18-17(20-16)21-8-10-22-11-9-21/h4-7,12H,3,8-11H2,1-2H3,(H,18,19,20). The van der Waals surface area contributed by atoms with E-state index in [1.54, 1.807) is 0 Å². The first-order chi connectivity index (χ1) is 10.8. The van der Waals surface area contributed by atoms with E-state index in [9.17, 15) is 0 Å². The molecular weight excluding hydrogens is 276 g/mol. The first-order valence-electron chi connectivity index (χ1n) is 7.79. The molecule has 1 aromatic heterocycles. The van der Waals surface area contributed by atoms with E-state index in [4.69, 9.17) is 4.74 Å². The molecule has 116 valence electrons. The van der Waals surface area contributed by atoms with Crippen LogP contribution in [-0.2, 0) is 11.2 Å². The maximum Gasteiger partial charge on any atom is 0.227 e. The topological polar surface area (TPSA) is 50.3 Å². The fraction of sp³-hybridized carbons (Fsp3) is 0.412. The molecule has 5 nitrogen and oxygen atoms in total. The second kappa shape index (κ2) is 6.75. The molecule has 0 radical (unpaired) electrons. The molecule has 0 amide bonds. The molecule has 3 rings (SSSR count). The summed E-state index contributed by atoms with van der Waals surface area (Å²) >= 11 is 0. The molecule has 5 heteroatoms. The minimum atomic E-state index is 0.735. The van der Waals surface area contributed by atoms with Gasteiger partial charge in [-0.05, 0) is 25.0 Å². The molecule has 2 heterocycles. The van der Waals surface area contributed by atoms with E-state index >= 15 is 0 Å². The normalized spacial score (nSPS) is 14.9. The van der Waals surface area contributed by atoms with Gasteiger partial charge in [-0.25, -0.2) is 4.98 Å². The van der Waals surface area contributed by atoms with Crippen LogP contribution in [0.1, 0.15) is 18.2 Å². The van der Waals surface area contributed by atoms with E-state index in [0.717, 1.165) is 55.9 Å². The van der Waals surface area contributed by atoms with Crippen LogP contribution >= 0.6 is 0 Å². The molecule has 0 bridgehead atoms. The molecule has 22 heavy (non-hydrogen) atoms. The van der Waals surface area contributed by atoms with Crippen LogP contribution in [0, 0.1) is 6.92 Å². The van der Waals surface area contributed by atoms with Crippen molar-refractivity contribution in [2.75, 3.05) is 36.5 Å². The first-order valence-corrected chi connectivity index (χ1v) is 7.79. The second-order valence-electron chi connectivity index (χ2n) is 5.43. The Hall–Kier alpha value is -2.14. The molecule has 1 fully saturated rings. The van der Waals surface area contributed by atoms with E-state index in [2.05, 4.69) is 45.3 Å². The van der Waals surface area contributed by atoms with Gasteiger partial charge in [0.05, 0.1) is 13.2 Å². The van der Waals surface area contributed by atoms with Crippen LogP contribution in [0.25, 0.3) is 0 Å².